The molecule has 5 nitrogen and oxygen atoms in total. The summed E-state index contributed by atoms with van der Waals surface area (Å²) in [6.07, 6.45) is 0.481. The molecule has 0 fully saturated rings. The number of aliphatic carboxylic acids is 1. The largest absolute Gasteiger partial charge is 0.481 e. The minimum Gasteiger partial charge on any atom is -0.481 e. The predicted molar refractivity (Wildman–Crippen MR) is 48.7 cm³/mol. The molecule has 1 unspecified atom stereocenters. The highest BCUT2D eigenvalue weighted by Gasteiger charge is 2.06. The van der Waals surface area contributed by atoms with Crippen LogP contribution in [0.4, 0.5) is 0 Å². The van der Waals surface area contributed by atoms with E-state index in [1.807, 2.05) is 0 Å². The van der Waals surface area contributed by atoms with E-state index in [0.717, 1.165) is 0 Å². The predicted octanol–water partition coefficient (Wildman–Crippen LogP) is 0.555. The number of carbonyl (C=O) groups excluding carboxylic acids is 1. The Kier molecular flexibility index (Phi) is 6.74. The lowest BCUT2D eigenvalue weighted by Crippen LogP contribution is -2.09. The van der Waals surface area contributed by atoms with Gasteiger partial charge in [-0.05, 0) is 19.8 Å². The Morgan fingerprint density at radius 2 is 2.00 bits per heavy atom. The molecule has 14 heavy (non-hydrogen) atoms. The summed E-state index contributed by atoms with van der Waals surface area (Å²) in [6.45, 7) is 1.90. The number of carboxylic acid groups (broad SMARTS) is 1. The summed E-state index contributed by atoms with van der Waals surface area (Å²) in [5.41, 5.74) is 0. The lowest BCUT2D eigenvalue weighted by molar-refractivity contribution is -0.147. The molecular formula is C9H16O5. The van der Waals surface area contributed by atoms with Gasteiger partial charge in [-0.1, -0.05) is 0 Å². The number of carbonyl (C=O) groups is 2. The Morgan fingerprint density at radius 3 is 2.50 bits per heavy atom. The Morgan fingerprint density at radius 1 is 1.36 bits per heavy atom. The zero-order valence-corrected chi connectivity index (χ0v) is 8.23. The van der Waals surface area contributed by atoms with Gasteiger partial charge in [0.05, 0.1) is 25.6 Å². The van der Waals surface area contributed by atoms with Gasteiger partial charge in [-0.2, -0.15) is 0 Å². The normalized spacial score (nSPS) is 12.1. The minimum atomic E-state index is -1.01. The summed E-state index contributed by atoms with van der Waals surface area (Å²) in [5.74, 6) is -1.51. The summed E-state index contributed by atoms with van der Waals surface area (Å²) >= 11 is 0. The molecule has 0 aromatic rings. The van der Waals surface area contributed by atoms with Crippen molar-refractivity contribution in [2.45, 2.75) is 38.7 Å². The van der Waals surface area contributed by atoms with Gasteiger partial charge in [0, 0.05) is 0 Å². The van der Waals surface area contributed by atoms with Crippen molar-refractivity contribution < 1.29 is 24.5 Å². The number of hydrogen-bond donors (Lipinski definition) is 2. The van der Waals surface area contributed by atoms with Crippen LogP contribution in [0, 0.1) is 0 Å². The second kappa shape index (κ2) is 7.32. The fourth-order valence-electron chi connectivity index (χ4n) is 0.846. The molecular weight excluding hydrogens is 188 g/mol. The van der Waals surface area contributed by atoms with E-state index in [4.69, 9.17) is 14.9 Å². The average molecular weight is 204 g/mol. The SMILES string of the molecule is CC(O)CCCOC(=O)CCC(=O)O. The zero-order chi connectivity index (χ0) is 11.0. The van der Waals surface area contributed by atoms with Crippen LogP contribution in [0.1, 0.15) is 32.6 Å². The van der Waals surface area contributed by atoms with Gasteiger partial charge in [-0.3, -0.25) is 9.59 Å². The summed E-state index contributed by atoms with van der Waals surface area (Å²) in [7, 11) is 0. The molecule has 0 bridgehead atoms. The molecule has 0 rings (SSSR count). The number of hydrogen-bond acceptors (Lipinski definition) is 4. The van der Waals surface area contributed by atoms with Crippen LogP contribution < -0.4 is 0 Å². The van der Waals surface area contributed by atoms with Crippen LogP contribution >= 0.6 is 0 Å². The highest BCUT2D eigenvalue weighted by Crippen LogP contribution is 1.98. The third kappa shape index (κ3) is 8.99. The molecule has 0 heterocycles. The minimum absolute atomic E-state index is 0.0932. The van der Waals surface area contributed by atoms with Crippen molar-refractivity contribution in [2.24, 2.45) is 0 Å². The van der Waals surface area contributed by atoms with Crippen molar-refractivity contribution in [3.05, 3.63) is 0 Å². The first-order chi connectivity index (χ1) is 6.52. The lowest BCUT2D eigenvalue weighted by atomic mass is 10.2. The van der Waals surface area contributed by atoms with Gasteiger partial charge in [-0.15, -0.1) is 0 Å². The van der Waals surface area contributed by atoms with Crippen LogP contribution in [-0.2, 0) is 14.3 Å². The first-order valence-corrected chi connectivity index (χ1v) is 4.58. The van der Waals surface area contributed by atoms with E-state index in [9.17, 15) is 9.59 Å². The lowest BCUT2D eigenvalue weighted by Gasteiger charge is -2.05. The number of aliphatic hydroxyl groups excluding tert-OH is 1. The van der Waals surface area contributed by atoms with E-state index in [1.165, 1.54) is 0 Å². The fourth-order valence-corrected chi connectivity index (χ4v) is 0.846. The number of rotatable bonds is 7. The summed E-state index contributed by atoms with van der Waals surface area (Å²) < 4.78 is 4.73. The summed E-state index contributed by atoms with van der Waals surface area (Å²) in [4.78, 5) is 20.9. The zero-order valence-electron chi connectivity index (χ0n) is 8.23. The Balaban J connectivity index is 3.31. The highest BCUT2D eigenvalue weighted by atomic mass is 16.5. The monoisotopic (exact) mass is 204 g/mol. The van der Waals surface area contributed by atoms with E-state index in [0.29, 0.717) is 12.8 Å². The number of aliphatic hydroxyl groups is 1. The highest BCUT2D eigenvalue weighted by molar-refractivity contribution is 5.76. The van der Waals surface area contributed by atoms with Gasteiger partial charge in [-0.25, -0.2) is 0 Å². The topological polar surface area (TPSA) is 83.8 Å². The Bertz CT molecular complexity index is 188. The smallest absolute Gasteiger partial charge is 0.306 e. The van der Waals surface area contributed by atoms with E-state index in [-0.39, 0.29) is 19.4 Å². The van der Waals surface area contributed by atoms with Gasteiger partial charge in [0.2, 0.25) is 0 Å². The van der Waals surface area contributed by atoms with Gasteiger partial charge in [0.15, 0.2) is 0 Å². The second-order valence-corrected chi connectivity index (χ2v) is 3.11. The molecule has 2 N–H and O–H groups in total. The molecule has 0 spiro atoms. The van der Waals surface area contributed by atoms with Gasteiger partial charge >= 0.3 is 11.9 Å². The molecule has 0 aromatic carbocycles. The van der Waals surface area contributed by atoms with Gasteiger partial charge in [0.1, 0.15) is 0 Å². The maximum absolute atomic E-state index is 10.8. The number of carboxylic acids is 1. The van der Waals surface area contributed by atoms with Gasteiger partial charge in [0.25, 0.3) is 0 Å². The van der Waals surface area contributed by atoms with Crippen LogP contribution in [0.15, 0.2) is 0 Å². The van der Waals surface area contributed by atoms with Crippen LogP contribution in [0.2, 0.25) is 0 Å². The molecule has 0 amide bonds. The van der Waals surface area contributed by atoms with Crippen LogP contribution in [0.25, 0.3) is 0 Å². The Labute approximate surface area is 82.7 Å². The van der Waals surface area contributed by atoms with E-state index in [1.54, 1.807) is 6.92 Å². The maximum atomic E-state index is 10.8. The second-order valence-electron chi connectivity index (χ2n) is 3.11. The maximum Gasteiger partial charge on any atom is 0.306 e. The van der Waals surface area contributed by atoms with Crippen LogP contribution in [0.5, 0.6) is 0 Å². The number of esters is 1. The Hall–Kier alpha value is -1.10. The summed E-state index contributed by atoms with van der Waals surface area (Å²) in [5, 5.41) is 17.1. The molecule has 0 aliphatic heterocycles. The quantitative estimate of drug-likeness (QED) is 0.467. The van der Waals surface area contributed by atoms with Crippen LogP contribution in [-0.4, -0.2) is 34.9 Å². The van der Waals surface area contributed by atoms with Crippen molar-refractivity contribution in [1.82, 2.24) is 0 Å². The molecule has 0 radical (unpaired) electrons. The summed E-state index contributed by atoms with van der Waals surface area (Å²) in [6, 6.07) is 0. The van der Waals surface area contributed by atoms with E-state index >= 15 is 0 Å². The van der Waals surface area contributed by atoms with Crippen molar-refractivity contribution in [3.63, 3.8) is 0 Å². The molecule has 5 heteroatoms. The molecule has 0 aliphatic carbocycles. The first kappa shape index (κ1) is 12.9. The molecule has 1 atom stereocenters. The standard InChI is InChI=1S/C9H16O5/c1-7(10)3-2-6-14-9(13)5-4-8(11)12/h7,10H,2-6H2,1H3,(H,11,12). The van der Waals surface area contributed by atoms with E-state index in [2.05, 4.69) is 0 Å². The van der Waals surface area contributed by atoms with Crippen molar-refractivity contribution in [1.29, 1.82) is 0 Å². The van der Waals surface area contributed by atoms with Crippen LogP contribution in [0.3, 0.4) is 0 Å². The van der Waals surface area contributed by atoms with Gasteiger partial charge < -0.3 is 14.9 Å². The van der Waals surface area contributed by atoms with E-state index < -0.39 is 18.0 Å². The molecule has 82 valence electrons. The first-order valence-electron chi connectivity index (χ1n) is 4.58. The third-order valence-electron chi connectivity index (χ3n) is 1.57. The molecule has 0 saturated heterocycles. The average Bonchev–Trinajstić information content (AvgIpc) is 2.08. The number of ether oxygens (including phenoxy) is 1. The molecule has 0 aromatic heterocycles. The third-order valence-corrected chi connectivity index (χ3v) is 1.57. The van der Waals surface area contributed by atoms with Crippen molar-refractivity contribution in [3.8, 4) is 0 Å². The van der Waals surface area contributed by atoms with Crippen molar-refractivity contribution in [2.75, 3.05) is 6.61 Å². The molecule has 0 aliphatic rings. The fraction of sp³-hybridized carbons (Fsp3) is 0.778. The molecule has 0 saturated carbocycles. The van der Waals surface area contributed by atoms with Crippen molar-refractivity contribution >= 4 is 11.9 Å².